The summed E-state index contributed by atoms with van der Waals surface area (Å²) in [7, 11) is 0. The van der Waals surface area contributed by atoms with Gasteiger partial charge in [0.05, 0.1) is 17.3 Å². The van der Waals surface area contributed by atoms with E-state index >= 15 is 0 Å². The highest BCUT2D eigenvalue weighted by Gasteiger charge is 2.13. The Hall–Kier alpha value is -2.78. The maximum absolute atomic E-state index is 6.53. The van der Waals surface area contributed by atoms with Crippen LogP contribution in [0.25, 0.3) is 0 Å². The van der Waals surface area contributed by atoms with E-state index in [1.165, 1.54) is 11.1 Å². The van der Waals surface area contributed by atoms with Crippen LogP contribution in [0.15, 0.2) is 59.6 Å². The summed E-state index contributed by atoms with van der Waals surface area (Å²) in [6, 6.07) is 18.1. The Kier molecular flexibility index (Phi) is 6.95. The Morgan fingerprint density at radius 1 is 0.966 bits per heavy atom. The van der Waals surface area contributed by atoms with Gasteiger partial charge in [0.1, 0.15) is 6.61 Å². The predicted molar refractivity (Wildman–Crippen MR) is 121 cm³/mol. The fourth-order valence-corrected chi connectivity index (χ4v) is 3.20. The third kappa shape index (κ3) is 5.39. The molecule has 0 atom stereocenters. The van der Waals surface area contributed by atoms with E-state index < -0.39 is 0 Å². The topological polar surface area (TPSA) is 30.8 Å². The molecule has 150 valence electrons. The van der Waals surface area contributed by atoms with Gasteiger partial charge in [0.25, 0.3) is 0 Å². The van der Waals surface area contributed by atoms with E-state index in [0.717, 1.165) is 22.4 Å². The van der Waals surface area contributed by atoms with Crippen LogP contribution in [0.4, 0.5) is 5.69 Å². The third-order valence-corrected chi connectivity index (χ3v) is 5.04. The molecule has 3 rings (SSSR count). The summed E-state index contributed by atoms with van der Waals surface area (Å²) in [6.45, 7) is 9.10. The highest BCUT2D eigenvalue weighted by molar-refractivity contribution is 6.32. The number of nitrogens with zero attached hydrogens (tertiary/aromatic N) is 1. The van der Waals surface area contributed by atoms with E-state index in [1.54, 1.807) is 6.21 Å². The molecule has 0 unspecified atom stereocenters. The standard InChI is InChI=1S/C25H26ClNO2/c1-5-28-24-14-21(15-27-23-8-6-7-18(3)19(23)4)13-22(26)25(24)29-16-20-11-9-17(2)10-12-20/h6-15H,5,16H2,1-4H3. The maximum atomic E-state index is 6.53. The minimum atomic E-state index is 0.427. The van der Waals surface area contributed by atoms with Gasteiger partial charge in [-0.1, -0.05) is 53.6 Å². The van der Waals surface area contributed by atoms with Gasteiger partial charge in [-0.25, -0.2) is 0 Å². The molecule has 0 bridgehead atoms. The molecule has 4 heteroatoms. The van der Waals surface area contributed by atoms with Crippen LogP contribution in [-0.4, -0.2) is 12.8 Å². The van der Waals surface area contributed by atoms with E-state index in [2.05, 4.69) is 56.1 Å². The van der Waals surface area contributed by atoms with Crippen molar-refractivity contribution in [2.24, 2.45) is 4.99 Å². The van der Waals surface area contributed by atoms with Crippen LogP contribution in [0.3, 0.4) is 0 Å². The number of hydrogen-bond donors (Lipinski definition) is 0. The molecule has 0 spiro atoms. The molecule has 0 aliphatic carbocycles. The van der Waals surface area contributed by atoms with E-state index in [1.807, 2.05) is 31.2 Å². The number of halogens is 1. The first-order valence-electron chi connectivity index (χ1n) is 9.73. The first-order chi connectivity index (χ1) is 14.0. The average Bonchev–Trinajstić information content (AvgIpc) is 2.70. The molecule has 0 aliphatic rings. The van der Waals surface area contributed by atoms with Gasteiger partial charge >= 0.3 is 0 Å². The number of aliphatic imine (C=N–C) groups is 1. The molecule has 0 fully saturated rings. The van der Waals surface area contributed by atoms with Crippen molar-refractivity contribution in [3.05, 3.63) is 87.4 Å². The van der Waals surface area contributed by atoms with Crippen LogP contribution in [0, 0.1) is 20.8 Å². The predicted octanol–water partition coefficient (Wildman–Crippen LogP) is 6.99. The minimum absolute atomic E-state index is 0.427. The zero-order valence-electron chi connectivity index (χ0n) is 17.3. The number of aryl methyl sites for hydroxylation is 2. The molecule has 0 saturated heterocycles. The van der Waals surface area contributed by atoms with Crippen LogP contribution in [-0.2, 0) is 6.61 Å². The molecule has 3 aromatic rings. The van der Waals surface area contributed by atoms with Crippen molar-refractivity contribution in [2.45, 2.75) is 34.3 Å². The quantitative estimate of drug-likeness (QED) is 0.395. The number of benzene rings is 3. The highest BCUT2D eigenvalue weighted by Crippen LogP contribution is 2.37. The molecule has 3 aromatic carbocycles. The summed E-state index contributed by atoms with van der Waals surface area (Å²) < 4.78 is 11.8. The van der Waals surface area contributed by atoms with Crippen molar-refractivity contribution in [1.29, 1.82) is 0 Å². The Balaban J connectivity index is 1.84. The van der Waals surface area contributed by atoms with Crippen LogP contribution >= 0.6 is 11.6 Å². The lowest BCUT2D eigenvalue weighted by atomic mass is 10.1. The van der Waals surface area contributed by atoms with Crippen LogP contribution in [0.1, 0.15) is 34.7 Å². The van der Waals surface area contributed by atoms with Crippen LogP contribution in [0.2, 0.25) is 5.02 Å². The van der Waals surface area contributed by atoms with E-state index in [9.17, 15) is 0 Å². The zero-order valence-corrected chi connectivity index (χ0v) is 18.1. The molecule has 0 amide bonds. The Labute approximate surface area is 178 Å². The smallest absolute Gasteiger partial charge is 0.180 e. The van der Waals surface area contributed by atoms with Crippen molar-refractivity contribution in [1.82, 2.24) is 0 Å². The number of ether oxygens (including phenoxy) is 2. The summed E-state index contributed by atoms with van der Waals surface area (Å²) in [5.41, 5.74) is 6.48. The summed E-state index contributed by atoms with van der Waals surface area (Å²) in [4.78, 5) is 4.63. The molecule has 0 aliphatic heterocycles. The van der Waals surface area contributed by atoms with Crippen molar-refractivity contribution >= 4 is 23.5 Å². The molecular weight excluding hydrogens is 382 g/mol. The average molecular weight is 408 g/mol. The molecule has 3 nitrogen and oxygen atoms in total. The summed E-state index contributed by atoms with van der Waals surface area (Å²) in [5.74, 6) is 1.17. The van der Waals surface area contributed by atoms with Gasteiger partial charge in [0, 0.05) is 6.21 Å². The minimum Gasteiger partial charge on any atom is -0.490 e. The third-order valence-electron chi connectivity index (χ3n) is 4.76. The summed E-state index contributed by atoms with van der Waals surface area (Å²) in [5, 5.41) is 0.505. The number of hydrogen-bond acceptors (Lipinski definition) is 3. The Morgan fingerprint density at radius 2 is 1.72 bits per heavy atom. The van der Waals surface area contributed by atoms with Gasteiger partial charge in [-0.05, 0) is 68.1 Å². The monoisotopic (exact) mass is 407 g/mol. The Bertz CT molecular complexity index is 1010. The first-order valence-corrected chi connectivity index (χ1v) is 10.1. The van der Waals surface area contributed by atoms with Crippen molar-refractivity contribution in [3.8, 4) is 11.5 Å². The number of rotatable bonds is 7. The second-order valence-corrected chi connectivity index (χ2v) is 7.42. The molecule has 0 saturated carbocycles. The van der Waals surface area contributed by atoms with Gasteiger partial charge in [0.2, 0.25) is 0 Å². The van der Waals surface area contributed by atoms with Crippen molar-refractivity contribution < 1.29 is 9.47 Å². The van der Waals surface area contributed by atoms with Crippen LogP contribution in [0.5, 0.6) is 11.5 Å². The second kappa shape index (κ2) is 9.62. The van der Waals surface area contributed by atoms with Gasteiger partial charge < -0.3 is 9.47 Å². The first kappa shape index (κ1) is 20.9. The normalized spacial score (nSPS) is 11.1. The van der Waals surface area contributed by atoms with Crippen molar-refractivity contribution in [3.63, 3.8) is 0 Å². The van der Waals surface area contributed by atoms with E-state index in [-0.39, 0.29) is 0 Å². The second-order valence-electron chi connectivity index (χ2n) is 7.01. The van der Waals surface area contributed by atoms with Gasteiger partial charge in [-0.3, -0.25) is 4.99 Å². The molecule has 0 aromatic heterocycles. The lowest BCUT2D eigenvalue weighted by molar-refractivity contribution is 0.269. The summed E-state index contributed by atoms with van der Waals surface area (Å²) in [6.07, 6.45) is 1.81. The zero-order chi connectivity index (χ0) is 20.8. The fourth-order valence-electron chi connectivity index (χ4n) is 2.92. The lowest BCUT2D eigenvalue weighted by Crippen LogP contribution is -2.01. The lowest BCUT2D eigenvalue weighted by Gasteiger charge is -2.14. The summed E-state index contributed by atoms with van der Waals surface area (Å²) >= 11 is 6.53. The fraction of sp³-hybridized carbons (Fsp3) is 0.240. The largest absolute Gasteiger partial charge is 0.490 e. The van der Waals surface area contributed by atoms with Gasteiger partial charge in [0.15, 0.2) is 11.5 Å². The SMILES string of the molecule is CCOc1cc(C=Nc2cccc(C)c2C)cc(Cl)c1OCc1ccc(C)cc1. The van der Waals surface area contributed by atoms with Crippen LogP contribution < -0.4 is 9.47 Å². The Morgan fingerprint density at radius 3 is 2.45 bits per heavy atom. The molecular formula is C25H26ClNO2. The molecule has 0 N–H and O–H groups in total. The van der Waals surface area contributed by atoms with Gasteiger partial charge in [-0.2, -0.15) is 0 Å². The van der Waals surface area contributed by atoms with Gasteiger partial charge in [-0.15, -0.1) is 0 Å². The molecule has 29 heavy (non-hydrogen) atoms. The van der Waals surface area contributed by atoms with Crippen molar-refractivity contribution in [2.75, 3.05) is 6.61 Å². The van der Waals surface area contributed by atoms with E-state index in [0.29, 0.717) is 29.7 Å². The maximum Gasteiger partial charge on any atom is 0.180 e. The van der Waals surface area contributed by atoms with E-state index in [4.69, 9.17) is 21.1 Å². The molecule has 0 heterocycles. The molecule has 0 radical (unpaired) electrons. The highest BCUT2D eigenvalue weighted by atomic mass is 35.5.